The number of carbonyl (C=O) groups excluding carboxylic acids is 1. The molecule has 3 heterocycles. The number of ketones is 1. The molecule has 1 N–H and O–H groups in total. The molecule has 0 radical (unpaired) electrons. The van der Waals surface area contributed by atoms with Crippen LogP contribution in [-0.2, 0) is 29.0 Å². The number of aromatic nitrogens is 3. The highest BCUT2D eigenvalue weighted by Gasteiger charge is 2.19. The molecule has 0 aliphatic rings. The number of carbonyl (C=O) groups is 2. The van der Waals surface area contributed by atoms with Gasteiger partial charge in [0.15, 0.2) is 5.78 Å². The number of pyridine rings is 1. The molecule has 3 aromatic rings. The number of aryl methyl sites for hydroxylation is 1. The van der Waals surface area contributed by atoms with Crippen LogP contribution < -0.4 is 0 Å². The predicted molar refractivity (Wildman–Crippen MR) is 114 cm³/mol. The molecule has 0 bridgehead atoms. The minimum Gasteiger partial charge on any atom is -0.481 e. The third-order valence-electron chi connectivity index (χ3n) is 5.20. The van der Waals surface area contributed by atoms with Crippen molar-refractivity contribution < 1.29 is 19.4 Å². The molecule has 0 amide bonds. The Morgan fingerprint density at radius 3 is 2.67 bits per heavy atom. The highest BCUT2D eigenvalue weighted by molar-refractivity contribution is 5.96. The van der Waals surface area contributed by atoms with Gasteiger partial charge in [-0.3, -0.25) is 14.6 Å². The Balaban J connectivity index is 2.20. The number of fused-ring (bicyclic) bond motifs is 1. The number of ether oxygens (including phenoxy) is 1. The van der Waals surface area contributed by atoms with Crippen molar-refractivity contribution in [2.45, 2.75) is 52.6 Å². The Morgan fingerprint density at radius 1 is 1.20 bits per heavy atom. The quantitative estimate of drug-likeness (QED) is 0.400. The number of Topliss-reactive ketones (excluding diaryl/α,β-unsaturated/α-hetero) is 1. The SMILES string of the molecule is CCc1ccc2c(-c3cncc(C(C)=O)c3)c(CCCCC(=O)O)c(COC)nn12. The second kappa shape index (κ2) is 9.63. The Kier molecular flexibility index (Phi) is 6.95. The van der Waals surface area contributed by atoms with Crippen molar-refractivity contribution in [3.05, 3.63) is 53.1 Å². The second-order valence-corrected chi connectivity index (χ2v) is 7.33. The van der Waals surface area contributed by atoms with Gasteiger partial charge in [-0.15, -0.1) is 0 Å². The molecule has 0 aliphatic carbocycles. The van der Waals surface area contributed by atoms with Crippen molar-refractivity contribution in [1.29, 1.82) is 0 Å². The smallest absolute Gasteiger partial charge is 0.303 e. The lowest BCUT2D eigenvalue weighted by atomic mass is 9.94. The number of carboxylic acid groups (broad SMARTS) is 1. The maximum absolute atomic E-state index is 11.9. The molecular formula is C23H27N3O4. The third kappa shape index (κ3) is 4.57. The van der Waals surface area contributed by atoms with E-state index in [1.54, 1.807) is 19.5 Å². The number of aliphatic carboxylic acids is 1. The lowest BCUT2D eigenvalue weighted by Gasteiger charge is -2.17. The molecule has 0 aliphatic heterocycles. The number of carboxylic acids is 1. The molecule has 7 heteroatoms. The Hall–Kier alpha value is -3.06. The summed E-state index contributed by atoms with van der Waals surface area (Å²) in [4.78, 5) is 27.1. The van der Waals surface area contributed by atoms with Crippen LogP contribution in [0.3, 0.4) is 0 Å². The van der Waals surface area contributed by atoms with Gasteiger partial charge in [-0.25, -0.2) is 4.52 Å². The van der Waals surface area contributed by atoms with Crippen LogP contribution >= 0.6 is 0 Å². The molecule has 3 rings (SSSR count). The standard InChI is InChI=1S/C23H27N3O4/c1-4-18-9-10-21-23(17-11-16(15(2)27)12-24-13-17)19(7-5-6-8-22(28)29)20(14-30-3)25-26(18)21/h9-13H,4-8,14H2,1-3H3,(H,28,29). The summed E-state index contributed by atoms with van der Waals surface area (Å²) in [7, 11) is 1.63. The van der Waals surface area contributed by atoms with E-state index in [-0.39, 0.29) is 12.2 Å². The molecule has 0 atom stereocenters. The fourth-order valence-corrected chi connectivity index (χ4v) is 3.72. The van der Waals surface area contributed by atoms with Crippen molar-refractivity contribution >= 4 is 17.3 Å². The summed E-state index contributed by atoms with van der Waals surface area (Å²) in [5.41, 5.74) is 6.23. The molecule has 3 aromatic heterocycles. The molecule has 0 spiro atoms. The Bertz CT molecular complexity index is 1070. The molecule has 0 saturated carbocycles. The first-order chi connectivity index (χ1) is 14.5. The van der Waals surface area contributed by atoms with Crippen molar-refractivity contribution in [2.75, 3.05) is 7.11 Å². The molecule has 30 heavy (non-hydrogen) atoms. The first kappa shape index (κ1) is 21.6. The molecule has 158 valence electrons. The second-order valence-electron chi connectivity index (χ2n) is 7.33. The molecule has 7 nitrogen and oxygen atoms in total. The van der Waals surface area contributed by atoms with E-state index in [1.807, 2.05) is 16.6 Å². The summed E-state index contributed by atoms with van der Waals surface area (Å²) >= 11 is 0. The van der Waals surface area contributed by atoms with Crippen molar-refractivity contribution in [1.82, 2.24) is 14.6 Å². The largest absolute Gasteiger partial charge is 0.481 e. The normalized spacial score (nSPS) is 11.2. The van der Waals surface area contributed by atoms with Crippen molar-refractivity contribution in [3.63, 3.8) is 0 Å². The van der Waals surface area contributed by atoms with Crippen LogP contribution in [0.1, 0.15) is 60.4 Å². The summed E-state index contributed by atoms with van der Waals surface area (Å²) in [5, 5.41) is 13.8. The zero-order chi connectivity index (χ0) is 21.7. The average molecular weight is 409 g/mol. The minimum absolute atomic E-state index is 0.0424. The first-order valence-corrected chi connectivity index (χ1v) is 10.2. The van der Waals surface area contributed by atoms with Crippen molar-refractivity contribution in [2.24, 2.45) is 0 Å². The van der Waals surface area contributed by atoms with Gasteiger partial charge >= 0.3 is 5.97 Å². The zero-order valence-corrected chi connectivity index (χ0v) is 17.6. The van der Waals surface area contributed by atoms with E-state index in [2.05, 4.69) is 18.0 Å². The van der Waals surface area contributed by atoms with E-state index in [1.165, 1.54) is 6.92 Å². The lowest BCUT2D eigenvalue weighted by molar-refractivity contribution is -0.137. The average Bonchev–Trinajstić information content (AvgIpc) is 3.13. The molecule has 0 unspecified atom stereocenters. The number of nitrogens with zero attached hydrogens (tertiary/aromatic N) is 3. The van der Waals surface area contributed by atoms with E-state index in [9.17, 15) is 9.59 Å². The van der Waals surface area contributed by atoms with Crippen LogP contribution in [0.2, 0.25) is 0 Å². The summed E-state index contributed by atoms with van der Waals surface area (Å²) in [6, 6.07) is 5.96. The van der Waals surface area contributed by atoms with Crippen molar-refractivity contribution in [3.8, 4) is 11.1 Å². The highest BCUT2D eigenvalue weighted by atomic mass is 16.5. The van der Waals surface area contributed by atoms with Crippen LogP contribution in [-0.4, -0.2) is 38.6 Å². The lowest BCUT2D eigenvalue weighted by Crippen LogP contribution is -2.10. The topological polar surface area (TPSA) is 93.8 Å². The molecule has 0 fully saturated rings. The highest BCUT2D eigenvalue weighted by Crippen LogP contribution is 2.33. The molecule has 0 saturated heterocycles. The van der Waals surface area contributed by atoms with Gasteiger partial charge < -0.3 is 9.84 Å². The van der Waals surface area contributed by atoms with Gasteiger partial charge in [-0.1, -0.05) is 6.92 Å². The molecule has 0 aromatic carbocycles. The van der Waals surface area contributed by atoms with Crippen LogP contribution in [0.15, 0.2) is 30.6 Å². The van der Waals surface area contributed by atoms with E-state index in [4.69, 9.17) is 14.9 Å². The third-order valence-corrected chi connectivity index (χ3v) is 5.20. The predicted octanol–water partition coefficient (Wildman–Crippen LogP) is 4.11. The van der Waals surface area contributed by atoms with Gasteiger partial charge in [0.05, 0.1) is 17.8 Å². The monoisotopic (exact) mass is 409 g/mol. The van der Waals surface area contributed by atoms with Gasteiger partial charge in [0, 0.05) is 48.3 Å². The van der Waals surface area contributed by atoms with E-state index in [0.717, 1.165) is 46.4 Å². The van der Waals surface area contributed by atoms with Crippen LogP contribution in [0.4, 0.5) is 0 Å². The van der Waals surface area contributed by atoms with Crippen LogP contribution in [0.5, 0.6) is 0 Å². The van der Waals surface area contributed by atoms with Gasteiger partial charge in [0.1, 0.15) is 0 Å². The van der Waals surface area contributed by atoms with Gasteiger partial charge in [-0.2, -0.15) is 5.10 Å². The van der Waals surface area contributed by atoms with Crippen LogP contribution in [0.25, 0.3) is 16.6 Å². The summed E-state index contributed by atoms with van der Waals surface area (Å²) in [5.74, 6) is -0.836. The fraction of sp³-hybridized carbons (Fsp3) is 0.391. The van der Waals surface area contributed by atoms with Gasteiger partial charge in [0.2, 0.25) is 0 Å². The maximum atomic E-state index is 11.9. The number of unbranched alkanes of at least 4 members (excludes halogenated alkanes) is 1. The Labute approximate surface area is 175 Å². The number of hydrogen-bond acceptors (Lipinski definition) is 5. The number of methoxy groups -OCH3 is 1. The summed E-state index contributed by atoms with van der Waals surface area (Å²) < 4.78 is 7.36. The summed E-state index contributed by atoms with van der Waals surface area (Å²) in [6.45, 7) is 3.95. The molecular weight excluding hydrogens is 382 g/mol. The fourth-order valence-electron chi connectivity index (χ4n) is 3.72. The van der Waals surface area contributed by atoms with E-state index >= 15 is 0 Å². The first-order valence-electron chi connectivity index (χ1n) is 10.2. The van der Waals surface area contributed by atoms with E-state index < -0.39 is 5.97 Å². The minimum atomic E-state index is -0.793. The number of rotatable bonds is 10. The summed E-state index contributed by atoms with van der Waals surface area (Å²) in [6.07, 6.45) is 6.27. The van der Waals surface area contributed by atoms with E-state index in [0.29, 0.717) is 25.0 Å². The zero-order valence-electron chi connectivity index (χ0n) is 17.6. The Morgan fingerprint density at radius 2 is 2.00 bits per heavy atom. The van der Waals surface area contributed by atoms with Gasteiger partial charge in [0.25, 0.3) is 0 Å². The maximum Gasteiger partial charge on any atom is 0.303 e. The van der Waals surface area contributed by atoms with Crippen LogP contribution in [0, 0.1) is 0 Å². The van der Waals surface area contributed by atoms with Gasteiger partial charge in [-0.05, 0) is 56.4 Å². The number of hydrogen-bond donors (Lipinski definition) is 1.